The molecule has 0 aliphatic rings. The van der Waals surface area contributed by atoms with Gasteiger partial charge in [-0.05, 0) is 18.6 Å². The summed E-state index contributed by atoms with van der Waals surface area (Å²) in [7, 11) is 0. The number of aromatic nitrogens is 1. The third-order valence-corrected chi connectivity index (χ3v) is 3.24. The zero-order valence-electron chi connectivity index (χ0n) is 11.1. The summed E-state index contributed by atoms with van der Waals surface area (Å²) < 4.78 is 0. The van der Waals surface area contributed by atoms with Crippen LogP contribution in [0, 0.1) is 0 Å². The van der Waals surface area contributed by atoms with Crippen molar-refractivity contribution >= 4 is 22.8 Å². The number of nitrogens with two attached hydrogens (primary N) is 1. The van der Waals surface area contributed by atoms with Crippen LogP contribution >= 0.6 is 0 Å². The second-order valence-corrected chi connectivity index (χ2v) is 4.74. The summed E-state index contributed by atoms with van der Waals surface area (Å²) in [5.74, 6) is -1.73. The Morgan fingerprint density at radius 2 is 2.10 bits per heavy atom. The predicted molar refractivity (Wildman–Crippen MR) is 75.1 cm³/mol. The van der Waals surface area contributed by atoms with E-state index in [1.807, 2.05) is 37.4 Å². The van der Waals surface area contributed by atoms with Crippen LogP contribution in [0.2, 0.25) is 0 Å². The van der Waals surface area contributed by atoms with E-state index in [-0.39, 0.29) is 12.5 Å². The Bertz CT molecular complexity index is 635. The van der Waals surface area contributed by atoms with E-state index in [9.17, 15) is 9.59 Å². The molecule has 5 N–H and O–H groups in total. The third kappa shape index (κ3) is 2.97. The van der Waals surface area contributed by atoms with Gasteiger partial charge in [-0.25, -0.2) is 0 Å². The number of hydrogen-bond donors (Lipinski definition) is 4. The second kappa shape index (κ2) is 5.75. The number of carboxylic acid groups (broad SMARTS) is 1. The van der Waals surface area contributed by atoms with Crippen molar-refractivity contribution in [3.63, 3.8) is 0 Å². The lowest BCUT2D eigenvalue weighted by atomic mass is 10.1. The van der Waals surface area contributed by atoms with E-state index in [0.717, 1.165) is 16.5 Å². The van der Waals surface area contributed by atoms with E-state index < -0.39 is 17.9 Å². The number of benzene rings is 1. The lowest BCUT2D eigenvalue weighted by Gasteiger charge is -2.19. The highest BCUT2D eigenvalue weighted by atomic mass is 16.4. The van der Waals surface area contributed by atoms with Crippen LogP contribution in [0.3, 0.4) is 0 Å². The van der Waals surface area contributed by atoms with Crippen molar-refractivity contribution in [1.82, 2.24) is 10.3 Å². The first-order valence-electron chi connectivity index (χ1n) is 6.32. The summed E-state index contributed by atoms with van der Waals surface area (Å²) in [6.45, 7) is 1.85. The molecule has 0 saturated carbocycles. The van der Waals surface area contributed by atoms with Crippen LogP contribution in [-0.4, -0.2) is 28.0 Å². The van der Waals surface area contributed by atoms with E-state index in [2.05, 4.69) is 10.3 Å². The number of nitrogens with one attached hydrogen (secondary N) is 2. The predicted octanol–water partition coefficient (Wildman–Crippen LogP) is 1.15. The monoisotopic (exact) mass is 275 g/mol. The van der Waals surface area contributed by atoms with Crippen molar-refractivity contribution in [3.8, 4) is 0 Å². The van der Waals surface area contributed by atoms with Gasteiger partial charge in [-0.2, -0.15) is 0 Å². The van der Waals surface area contributed by atoms with Gasteiger partial charge >= 0.3 is 5.97 Å². The fourth-order valence-corrected chi connectivity index (χ4v) is 2.26. The van der Waals surface area contributed by atoms with Crippen LogP contribution in [-0.2, 0) is 9.59 Å². The summed E-state index contributed by atoms with van der Waals surface area (Å²) >= 11 is 0. The molecule has 0 aliphatic carbocycles. The maximum absolute atomic E-state index is 11.1. The van der Waals surface area contributed by atoms with Crippen LogP contribution in [0.1, 0.15) is 24.9 Å². The van der Waals surface area contributed by atoms with Gasteiger partial charge in [0.2, 0.25) is 5.91 Å². The molecule has 6 nitrogen and oxygen atoms in total. The molecule has 2 aromatic rings. The summed E-state index contributed by atoms with van der Waals surface area (Å²) in [4.78, 5) is 25.2. The van der Waals surface area contributed by atoms with E-state index >= 15 is 0 Å². The van der Waals surface area contributed by atoms with Gasteiger partial charge in [-0.15, -0.1) is 0 Å². The number of aromatic amines is 1. The molecule has 2 rings (SSSR count). The molecule has 1 heterocycles. The number of H-pyrrole nitrogens is 1. The number of carboxylic acids is 1. The Balaban J connectivity index is 2.20. The Labute approximate surface area is 116 Å². The molecule has 1 amide bonds. The van der Waals surface area contributed by atoms with E-state index in [1.165, 1.54) is 0 Å². The summed E-state index contributed by atoms with van der Waals surface area (Å²) in [6.07, 6.45) is 1.60. The second-order valence-electron chi connectivity index (χ2n) is 4.74. The number of rotatable bonds is 6. The average molecular weight is 275 g/mol. The molecule has 6 heteroatoms. The van der Waals surface area contributed by atoms with Crippen molar-refractivity contribution in [3.05, 3.63) is 36.0 Å². The zero-order chi connectivity index (χ0) is 14.7. The van der Waals surface area contributed by atoms with Gasteiger partial charge in [-0.3, -0.25) is 14.9 Å². The molecule has 0 fully saturated rings. The number of para-hydroxylation sites is 1. The number of hydrogen-bond acceptors (Lipinski definition) is 3. The molecule has 106 valence electrons. The fraction of sp³-hybridized carbons (Fsp3) is 0.286. The van der Waals surface area contributed by atoms with Crippen LogP contribution < -0.4 is 11.1 Å². The number of fused-ring (bicyclic) bond motifs is 1. The molecule has 0 spiro atoms. The smallest absolute Gasteiger partial charge is 0.321 e. The third-order valence-electron chi connectivity index (χ3n) is 3.24. The molecule has 2 unspecified atom stereocenters. The normalized spacial score (nSPS) is 14.1. The molecule has 0 bridgehead atoms. The van der Waals surface area contributed by atoms with Crippen molar-refractivity contribution in [2.75, 3.05) is 0 Å². The molecule has 0 saturated heterocycles. The van der Waals surface area contributed by atoms with Crippen molar-refractivity contribution in [2.24, 2.45) is 5.73 Å². The van der Waals surface area contributed by atoms with Crippen molar-refractivity contribution < 1.29 is 14.7 Å². The summed E-state index contributed by atoms with van der Waals surface area (Å²) in [5, 5.41) is 13.0. The van der Waals surface area contributed by atoms with Gasteiger partial charge < -0.3 is 15.8 Å². The first-order valence-corrected chi connectivity index (χ1v) is 6.32. The largest absolute Gasteiger partial charge is 0.480 e. The van der Waals surface area contributed by atoms with Crippen molar-refractivity contribution in [2.45, 2.75) is 25.4 Å². The summed E-state index contributed by atoms with van der Waals surface area (Å²) in [6, 6.07) is 6.55. The Kier molecular flexibility index (Phi) is 4.05. The highest BCUT2D eigenvalue weighted by Crippen LogP contribution is 2.24. The molecule has 0 radical (unpaired) electrons. The number of primary amides is 1. The highest BCUT2D eigenvalue weighted by molar-refractivity contribution is 5.85. The highest BCUT2D eigenvalue weighted by Gasteiger charge is 2.23. The molecule has 1 aromatic carbocycles. The minimum atomic E-state index is -1.09. The average Bonchev–Trinajstić information content (AvgIpc) is 2.81. The topological polar surface area (TPSA) is 108 Å². The quantitative estimate of drug-likeness (QED) is 0.634. The Hall–Kier alpha value is -2.34. The van der Waals surface area contributed by atoms with Gasteiger partial charge in [-0.1, -0.05) is 18.2 Å². The van der Waals surface area contributed by atoms with Crippen LogP contribution in [0.5, 0.6) is 0 Å². The maximum Gasteiger partial charge on any atom is 0.321 e. The van der Waals surface area contributed by atoms with Crippen LogP contribution in [0.4, 0.5) is 0 Å². The van der Waals surface area contributed by atoms with Crippen LogP contribution in [0.15, 0.2) is 30.5 Å². The molecular weight excluding hydrogens is 258 g/mol. The lowest BCUT2D eigenvalue weighted by molar-refractivity contribution is -0.141. The molecule has 2 atom stereocenters. The number of carbonyl (C=O) groups is 2. The number of aliphatic carboxylic acids is 1. The first kappa shape index (κ1) is 14.1. The van der Waals surface area contributed by atoms with Crippen LogP contribution in [0.25, 0.3) is 10.9 Å². The van der Waals surface area contributed by atoms with Gasteiger partial charge in [0, 0.05) is 23.1 Å². The fourth-order valence-electron chi connectivity index (χ4n) is 2.26. The minimum Gasteiger partial charge on any atom is -0.480 e. The SMILES string of the molecule is CC(NC(CC(N)=O)C(=O)O)c1c[nH]c2ccccc12. The van der Waals surface area contributed by atoms with Gasteiger partial charge in [0.25, 0.3) is 0 Å². The zero-order valence-corrected chi connectivity index (χ0v) is 11.1. The molecule has 20 heavy (non-hydrogen) atoms. The van der Waals surface area contributed by atoms with Gasteiger partial charge in [0.05, 0.1) is 6.42 Å². The maximum atomic E-state index is 11.1. The standard InChI is InChI=1S/C14H17N3O3/c1-8(17-12(14(19)20)6-13(15)18)10-7-16-11-5-3-2-4-9(10)11/h2-5,7-8,12,16-17H,6H2,1H3,(H2,15,18)(H,19,20). The van der Waals surface area contributed by atoms with E-state index in [4.69, 9.17) is 10.8 Å². The van der Waals surface area contributed by atoms with Gasteiger partial charge in [0.15, 0.2) is 0 Å². The van der Waals surface area contributed by atoms with E-state index in [0.29, 0.717) is 0 Å². The number of carbonyl (C=O) groups excluding carboxylic acids is 1. The first-order chi connectivity index (χ1) is 9.49. The minimum absolute atomic E-state index is 0.216. The molecule has 0 aliphatic heterocycles. The number of amides is 1. The lowest BCUT2D eigenvalue weighted by Crippen LogP contribution is -2.41. The van der Waals surface area contributed by atoms with E-state index in [1.54, 1.807) is 0 Å². The van der Waals surface area contributed by atoms with Crippen molar-refractivity contribution in [1.29, 1.82) is 0 Å². The summed E-state index contributed by atoms with van der Waals surface area (Å²) in [5.41, 5.74) is 7.01. The molecule has 1 aromatic heterocycles. The molecular formula is C14H17N3O3. The Morgan fingerprint density at radius 1 is 1.40 bits per heavy atom. The van der Waals surface area contributed by atoms with Gasteiger partial charge in [0.1, 0.15) is 6.04 Å². The Morgan fingerprint density at radius 3 is 2.75 bits per heavy atom.